The Morgan fingerprint density at radius 1 is 1.15 bits per heavy atom. The molecular weight excluding hydrogens is 272 g/mol. The van der Waals surface area contributed by atoms with Crippen LogP contribution in [0.4, 0.5) is 13.2 Å². The highest BCUT2D eigenvalue weighted by molar-refractivity contribution is 6.45. The van der Waals surface area contributed by atoms with Crippen LogP contribution in [0.15, 0.2) is 11.8 Å². The fraction of sp³-hybridized carbons (Fsp3) is 0.846. The highest BCUT2D eigenvalue weighted by atomic mass is 19.4. The van der Waals surface area contributed by atoms with Gasteiger partial charge in [0.2, 0.25) is 0 Å². The van der Waals surface area contributed by atoms with Crippen LogP contribution < -0.4 is 0 Å². The van der Waals surface area contributed by atoms with E-state index in [1.807, 2.05) is 27.7 Å². The van der Waals surface area contributed by atoms with Crippen LogP contribution in [0.2, 0.25) is 6.32 Å². The van der Waals surface area contributed by atoms with E-state index in [0.29, 0.717) is 12.7 Å². The molecule has 7 heteroatoms. The van der Waals surface area contributed by atoms with Gasteiger partial charge in [0.15, 0.2) is 0 Å². The van der Waals surface area contributed by atoms with E-state index in [4.69, 9.17) is 9.31 Å². The van der Waals surface area contributed by atoms with Gasteiger partial charge in [0.05, 0.1) is 11.2 Å². The molecular formula is C13H22BF3O3. The Balaban J connectivity index is 2.49. The number of rotatable bonds is 5. The summed E-state index contributed by atoms with van der Waals surface area (Å²) in [6, 6.07) is 0. The number of ether oxygens (including phenoxy) is 1. The van der Waals surface area contributed by atoms with Crippen LogP contribution >= 0.6 is 0 Å². The lowest BCUT2D eigenvalue weighted by molar-refractivity contribution is -0.306. The van der Waals surface area contributed by atoms with Gasteiger partial charge in [0, 0.05) is 6.42 Å². The monoisotopic (exact) mass is 294 g/mol. The van der Waals surface area contributed by atoms with Crippen LogP contribution in [0.5, 0.6) is 0 Å². The lowest BCUT2D eigenvalue weighted by Crippen LogP contribution is -2.41. The molecule has 0 radical (unpaired) electrons. The number of allylic oxidation sites excluding steroid dienone is 2. The van der Waals surface area contributed by atoms with Crippen LogP contribution in [0.25, 0.3) is 0 Å². The first-order valence-electron chi connectivity index (χ1n) is 6.77. The highest BCUT2D eigenvalue weighted by Crippen LogP contribution is 2.38. The molecule has 0 spiro atoms. The van der Waals surface area contributed by atoms with Gasteiger partial charge >= 0.3 is 13.5 Å². The van der Waals surface area contributed by atoms with Gasteiger partial charge in [-0.05, 0) is 46.5 Å². The van der Waals surface area contributed by atoms with Crippen LogP contribution in [-0.2, 0) is 14.0 Å². The third kappa shape index (κ3) is 4.70. The smallest absolute Gasteiger partial charge is 0.411 e. The Kier molecular flexibility index (Phi) is 5.19. The second kappa shape index (κ2) is 5.97. The van der Waals surface area contributed by atoms with Gasteiger partial charge in [0.25, 0.3) is 0 Å². The normalized spacial score (nSPS) is 22.2. The average molecular weight is 294 g/mol. The number of hydrogen-bond acceptors (Lipinski definition) is 3. The Bertz CT molecular complexity index is 348. The molecule has 116 valence electrons. The van der Waals surface area contributed by atoms with Gasteiger partial charge in [-0.1, -0.05) is 6.92 Å². The summed E-state index contributed by atoms with van der Waals surface area (Å²) in [4.78, 5) is 0. The van der Waals surface area contributed by atoms with Gasteiger partial charge < -0.3 is 14.0 Å². The third-order valence-electron chi connectivity index (χ3n) is 3.67. The van der Waals surface area contributed by atoms with Crippen molar-refractivity contribution in [2.45, 2.75) is 71.3 Å². The predicted octanol–water partition coefficient (Wildman–Crippen LogP) is 4.30. The summed E-state index contributed by atoms with van der Waals surface area (Å²) in [5, 5.41) is 0. The lowest BCUT2D eigenvalue weighted by atomic mass is 9.83. The van der Waals surface area contributed by atoms with Crippen molar-refractivity contribution < 1.29 is 27.2 Å². The lowest BCUT2D eigenvalue weighted by Gasteiger charge is -2.32. The topological polar surface area (TPSA) is 27.7 Å². The van der Waals surface area contributed by atoms with Crippen molar-refractivity contribution in [1.29, 1.82) is 0 Å². The van der Waals surface area contributed by atoms with Crippen molar-refractivity contribution in [3.8, 4) is 0 Å². The second-order valence-corrected chi connectivity index (χ2v) is 5.84. The molecule has 1 saturated heterocycles. The van der Waals surface area contributed by atoms with Crippen molar-refractivity contribution in [2.24, 2.45) is 0 Å². The van der Waals surface area contributed by atoms with Crippen molar-refractivity contribution in [3.05, 3.63) is 11.8 Å². The molecule has 0 aromatic heterocycles. The first-order valence-corrected chi connectivity index (χ1v) is 6.77. The van der Waals surface area contributed by atoms with Crippen LogP contribution in [0, 0.1) is 0 Å². The summed E-state index contributed by atoms with van der Waals surface area (Å²) in [6.45, 7) is 9.37. The summed E-state index contributed by atoms with van der Waals surface area (Å²) in [5.74, 6) is -0.0750. The molecule has 0 aliphatic carbocycles. The van der Waals surface area contributed by atoms with E-state index >= 15 is 0 Å². The predicted molar refractivity (Wildman–Crippen MR) is 71.0 cm³/mol. The molecule has 1 aliphatic rings. The highest BCUT2D eigenvalue weighted by Gasteiger charge is 2.50. The van der Waals surface area contributed by atoms with Gasteiger partial charge in [-0.2, -0.15) is 0 Å². The Morgan fingerprint density at radius 2 is 1.65 bits per heavy atom. The molecule has 1 fully saturated rings. The zero-order chi connectivity index (χ0) is 15.6. The number of hydrogen-bond donors (Lipinski definition) is 0. The molecule has 20 heavy (non-hydrogen) atoms. The molecule has 1 rings (SSSR count). The molecule has 0 aromatic rings. The van der Waals surface area contributed by atoms with Gasteiger partial charge in [-0.15, -0.1) is 13.2 Å². The maximum absolute atomic E-state index is 12.1. The Morgan fingerprint density at radius 3 is 2.05 bits per heavy atom. The molecule has 0 aromatic carbocycles. The molecule has 0 amide bonds. The van der Waals surface area contributed by atoms with Crippen molar-refractivity contribution in [1.82, 2.24) is 0 Å². The van der Waals surface area contributed by atoms with Crippen LogP contribution in [-0.4, -0.2) is 24.7 Å². The fourth-order valence-electron chi connectivity index (χ4n) is 1.87. The standard InChI is InChI=1S/C13H22BF3O3/c1-6-10(18-13(15,16)17)8-7-9-14-19-11(2,3)12(4,5)20-14/h8H,6-7,9H2,1-5H3/b10-8+. The van der Waals surface area contributed by atoms with Crippen molar-refractivity contribution in [2.75, 3.05) is 0 Å². The zero-order valence-corrected chi connectivity index (χ0v) is 12.6. The summed E-state index contributed by atoms with van der Waals surface area (Å²) >= 11 is 0. The minimum absolute atomic E-state index is 0.0750. The maximum Gasteiger partial charge on any atom is 0.572 e. The largest absolute Gasteiger partial charge is 0.572 e. The van der Waals surface area contributed by atoms with Crippen LogP contribution in [0.3, 0.4) is 0 Å². The van der Waals surface area contributed by atoms with Crippen LogP contribution in [0.1, 0.15) is 47.5 Å². The minimum atomic E-state index is -4.63. The maximum atomic E-state index is 12.1. The molecule has 3 nitrogen and oxygen atoms in total. The van der Waals surface area contributed by atoms with E-state index in [1.165, 1.54) is 6.08 Å². The average Bonchev–Trinajstić information content (AvgIpc) is 2.44. The van der Waals surface area contributed by atoms with E-state index in [0.717, 1.165) is 0 Å². The van der Waals surface area contributed by atoms with E-state index in [9.17, 15) is 13.2 Å². The van der Waals surface area contributed by atoms with Gasteiger partial charge in [0.1, 0.15) is 5.76 Å². The SMILES string of the molecule is CC/C(=C\CCB1OC(C)(C)C(C)(C)O1)OC(F)(F)F. The minimum Gasteiger partial charge on any atom is -0.411 e. The first-order chi connectivity index (χ1) is 8.97. The molecule has 1 aliphatic heterocycles. The van der Waals surface area contributed by atoms with E-state index < -0.39 is 24.7 Å². The van der Waals surface area contributed by atoms with Crippen molar-refractivity contribution >= 4 is 7.12 Å². The molecule has 0 bridgehead atoms. The Hall–Kier alpha value is -0.685. The zero-order valence-electron chi connectivity index (χ0n) is 12.6. The molecule has 0 saturated carbocycles. The molecule has 0 atom stereocenters. The fourth-order valence-corrected chi connectivity index (χ4v) is 1.87. The molecule has 0 unspecified atom stereocenters. The number of halogens is 3. The van der Waals surface area contributed by atoms with Gasteiger partial charge in [-0.25, -0.2) is 0 Å². The van der Waals surface area contributed by atoms with Gasteiger partial charge in [-0.3, -0.25) is 0 Å². The Labute approximate surface area is 118 Å². The summed E-state index contributed by atoms with van der Waals surface area (Å²) in [7, 11) is -0.403. The summed E-state index contributed by atoms with van der Waals surface area (Å²) in [5.41, 5.74) is -0.838. The third-order valence-corrected chi connectivity index (χ3v) is 3.67. The van der Waals surface area contributed by atoms with E-state index in [1.54, 1.807) is 6.92 Å². The first kappa shape index (κ1) is 17.4. The quantitative estimate of drug-likeness (QED) is 0.559. The molecule has 1 heterocycles. The number of alkyl halides is 3. The summed E-state index contributed by atoms with van der Waals surface area (Å²) < 4.78 is 51.8. The summed E-state index contributed by atoms with van der Waals surface area (Å²) in [6.07, 6.45) is -2.08. The van der Waals surface area contributed by atoms with Crippen molar-refractivity contribution in [3.63, 3.8) is 0 Å². The van der Waals surface area contributed by atoms with E-state index in [2.05, 4.69) is 4.74 Å². The van der Waals surface area contributed by atoms with E-state index in [-0.39, 0.29) is 12.2 Å². The molecule has 0 N–H and O–H groups in total. The second-order valence-electron chi connectivity index (χ2n) is 5.84.